The summed E-state index contributed by atoms with van der Waals surface area (Å²) < 4.78 is -0.509. The van der Waals surface area contributed by atoms with Gasteiger partial charge in [-0.15, -0.1) is 0 Å². The molecule has 0 saturated carbocycles. The lowest BCUT2D eigenvalue weighted by Gasteiger charge is -2.51. The van der Waals surface area contributed by atoms with Gasteiger partial charge in [0.05, 0.1) is 23.3 Å². The van der Waals surface area contributed by atoms with E-state index in [0.29, 0.717) is 5.66 Å². The van der Waals surface area contributed by atoms with Crippen LogP contribution in [0.3, 0.4) is 0 Å². The van der Waals surface area contributed by atoms with E-state index in [1.807, 2.05) is 0 Å². The van der Waals surface area contributed by atoms with Crippen molar-refractivity contribution in [2.24, 2.45) is 0 Å². The quantitative estimate of drug-likeness (QED) is 0.260. The molecule has 4 heteroatoms. The van der Waals surface area contributed by atoms with Gasteiger partial charge in [-0.05, 0) is 57.2 Å². The average Bonchev–Trinajstić information content (AvgIpc) is 2.85. The van der Waals surface area contributed by atoms with Crippen molar-refractivity contribution < 1.29 is 0 Å². The van der Waals surface area contributed by atoms with Crippen molar-refractivity contribution in [3.63, 3.8) is 0 Å². The van der Waals surface area contributed by atoms with Gasteiger partial charge in [-0.2, -0.15) is 0 Å². The molecular weight excluding hydrogens is 439 g/mol. The van der Waals surface area contributed by atoms with E-state index in [2.05, 4.69) is 138 Å². The van der Waals surface area contributed by atoms with E-state index < -0.39 is 12.0 Å². The van der Waals surface area contributed by atoms with Crippen molar-refractivity contribution >= 4 is 36.6 Å². The number of benzene rings is 3. The van der Waals surface area contributed by atoms with Crippen molar-refractivity contribution in [2.75, 3.05) is 50.3 Å². The Balaban J connectivity index is 2.23. The van der Waals surface area contributed by atoms with Crippen LogP contribution in [0.2, 0.25) is 0 Å². The third-order valence-corrected chi connectivity index (χ3v) is 13.8. The van der Waals surface area contributed by atoms with E-state index in [0.717, 1.165) is 12.3 Å². The van der Waals surface area contributed by atoms with E-state index >= 15 is 0 Å². The van der Waals surface area contributed by atoms with Gasteiger partial charge in [0.2, 0.25) is 0 Å². The molecular formula is C29H39N2PS. The molecule has 0 aliphatic carbocycles. The maximum atomic E-state index is 6.76. The van der Waals surface area contributed by atoms with Crippen molar-refractivity contribution in [1.82, 2.24) is 0 Å². The van der Waals surface area contributed by atoms with E-state index in [1.165, 1.54) is 27.8 Å². The first-order chi connectivity index (χ1) is 15.7. The molecule has 1 atom stereocenters. The summed E-state index contributed by atoms with van der Waals surface area (Å²) in [6, 6.07) is 29.0. The van der Waals surface area contributed by atoms with Crippen molar-refractivity contribution in [3.8, 4) is 0 Å². The SMILES string of the molecule is CC[P+](CC)(c1ccccc1)[C@H](C)C([S-])(c1ccc(N(C)C)cc1)c1ccc(N(C)C)cc1. The Labute approximate surface area is 207 Å². The van der Waals surface area contributed by atoms with Crippen LogP contribution in [0, 0.1) is 0 Å². The Morgan fingerprint density at radius 1 is 0.697 bits per heavy atom. The maximum Gasteiger partial charge on any atom is 0.0941 e. The third-order valence-electron chi connectivity index (χ3n) is 7.35. The maximum absolute atomic E-state index is 6.76. The highest BCUT2D eigenvalue weighted by Gasteiger charge is 2.48. The van der Waals surface area contributed by atoms with E-state index in [-0.39, 0.29) is 0 Å². The molecule has 176 valence electrons. The second kappa shape index (κ2) is 10.5. The number of nitrogens with zero attached hydrogens (tertiary/aromatic N) is 2. The number of rotatable bonds is 9. The largest absolute Gasteiger partial charge is 0.773 e. The Morgan fingerprint density at radius 2 is 1.09 bits per heavy atom. The van der Waals surface area contributed by atoms with Crippen LogP contribution in [0.25, 0.3) is 0 Å². The Morgan fingerprint density at radius 3 is 1.42 bits per heavy atom. The molecule has 0 saturated heterocycles. The van der Waals surface area contributed by atoms with Crippen LogP contribution >= 0.6 is 7.26 Å². The summed E-state index contributed by atoms with van der Waals surface area (Å²) in [6.45, 7) is 7.14. The van der Waals surface area contributed by atoms with Crippen molar-refractivity contribution in [2.45, 2.75) is 31.2 Å². The predicted molar refractivity (Wildman–Crippen MR) is 153 cm³/mol. The molecule has 0 bridgehead atoms. The number of hydrogen-bond donors (Lipinski definition) is 0. The molecule has 0 aliphatic heterocycles. The molecule has 0 aliphatic rings. The second-order valence-corrected chi connectivity index (χ2v) is 14.6. The molecule has 0 aromatic heterocycles. The van der Waals surface area contributed by atoms with Gasteiger partial charge < -0.3 is 22.4 Å². The fourth-order valence-electron chi connectivity index (χ4n) is 5.10. The zero-order valence-electron chi connectivity index (χ0n) is 21.2. The summed E-state index contributed by atoms with van der Waals surface area (Å²) in [4.78, 5) is 4.28. The van der Waals surface area contributed by atoms with Gasteiger partial charge in [0.1, 0.15) is 0 Å². The van der Waals surface area contributed by atoms with Crippen molar-refractivity contribution in [1.29, 1.82) is 0 Å². The highest BCUT2D eigenvalue weighted by atomic mass is 32.1. The van der Waals surface area contributed by atoms with Gasteiger partial charge in [0.15, 0.2) is 0 Å². The second-order valence-electron chi connectivity index (χ2n) is 9.30. The Hall–Kier alpha value is -1.96. The highest BCUT2D eigenvalue weighted by Crippen LogP contribution is 2.66. The zero-order chi connectivity index (χ0) is 24.2. The normalized spacial score (nSPS) is 13.0. The summed E-state index contributed by atoms with van der Waals surface area (Å²) in [7, 11) is 6.79. The molecule has 0 unspecified atom stereocenters. The van der Waals surface area contributed by atoms with Gasteiger partial charge in [-0.3, -0.25) is 0 Å². The van der Waals surface area contributed by atoms with Crippen LogP contribution in [-0.4, -0.2) is 46.2 Å². The molecule has 0 spiro atoms. The van der Waals surface area contributed by atoms with Crippen LogP contribution in [0.5, 0.6) is 0 Å². The zero-order valence-corrected chi connectivity index (χ0v) is 23.0. The fraction of sp³-hybridized carbons (Fsp3) is 0.379. The summed E-state index contributed by atoms with van der Waals surface area (Å²) >= 11 is 6.76. The lowest BCUT2D eigenvalue weighted by Crippen LogP contribution is -2.42. The predicted octanol–water partition coefficient (Wildman–Crippen LogP) is 6.38. The van der Waals surface area contributed by atoms with E-state index in [1.54, 1.807) is 0 Å². The Kier molecular flexibility index (Phi) is 8.19. The molecule has 3 aromatic carbocycles. The number of hydrogen-bond acceptors (Lipinski definition) is 3. The minimum Gasteiger partial charge on any atom is -0.773 e. The van der Waals surface area contributed by atoms with Crippen LogP contribution in [0.15, 0.2) is 78.9 Å². The highest BCUT2D eigenvalue weighted by molar-refractivity contribution is 7.84. The van der Waals surface area contributed by atoms with Gasteiger partial charge in [0, 0.05) is 46.8 Å². The minimum atomic E-state index is -1.54. The molecule has 0 heterocycles. The first-order valence-corrected chi connectivity index (χ1v) is 14.5. The van der Waals surface area contributed by atoms with Crippen LogP contribution in [0.4, 0.5) is 11.4 Å². The van der Waals surface area contributed by atoms with Crippen LogP contribution < -0.4 is 15.1 Å². The van der Waals surface area contributed by atoms with E-state index in [9.17, 15) is 0 Å². The monoisotopic (exact) mass is 478 g/mol. The molecule has 3 rings (SSSR count). The molecule has 0 amide bonds. The minimum absolute atomic E-state index is 0.313. The van der Waals surface area contributed by atoms with Gasteiger partial charge >= 0.3 is 0 Å². The topological polar surface area (TPSA) is 6.48 Å². The molecule has 0 radical (unpaired) electrons. The Bertz CT molecular complexity index is 958. The molecule has 0 N–H and O–H groups in total. The lowest BCUT2D eigenvalue weighted by atomic mass is 9.87. The summed E-state index contributed by atoms with van der Waals surface area (Å²) in [5.41, 5.74) is 5.14. The molecule has 2 nitrogen and oxygen atoms in total. The first kappa shape index (κ1) is 25.7. The van der Waals surface area contributed by atoms with Crippen LogP contribution in [-0.2, 0) is 17.4 Å². The van der Waals surface area contributed by atoms with Crippen LogP contribution in [0.1, 0.15) is 31.9 Å². The van der Waals surface area contributed by atoms with Crippen molar-refractivity contribution in [3.05, 3.63) is 90.0 Å². The third kappa shape index (κ3) is 4.81. The lowest BCUT2D eigenvalue weighted by molar-refractivity contribution is 0.716. The van der Waals surface area contributed by atoms with Gasteiger partial charge in [-0.1, -0.05) is 58.3 Å². The summed E-state index contributed by atoms with van der Waals surface area (Å²) in [6.07, 6.45) is 2.30. The summed E-state index contributed by atoms with van der Waals surface area (Å²) in [5.74, 6) is 0. The standard InChI is InChI=1S/C29H39N2PS/c1-8-32(9-2,28-13-11-10-12-14-28)23(3)29(33,24-15-19-26(20-16-24)30(4)5)25-17-21-27(22-18-25)31(6)7/h10-23H,8-9H2,1-7H3/t23-/m1/s1. The molecule has 0 fully saturated rings. The fourth-order valence-corrected chi connectivity index (χ4v) is 10.5. The molecule has 33 heavy (non-hydrogen) atoms. The van der Waals surface area contributed by atoms with E-state index in [4.69, 9.17) is 12.6 Å². The van der Waals surface area contributed by atoms with Gasteiger partial charge in [-0.25, -0.2) is 0 Å². The summed E-state index contributed by atoms with van der Waals surface area (Å²) in [5, 5.41) is 1.49. The first-order valence-electron chi connectivity index (χ1n) is 11.9. The van der Waals surface area contributed by atoms with Gasteiger partial charge in [0.25, 0.3) is 0 Å². The molecule has 3 aromatic rings. The smallest absolute Gasteiger partial charge is 0.0941 e. The average molecular weight is 479 g/mol. The number of anilines is 2.